The van der Waals surface area contributed by atoms with E-state index in [1.807, 2.05) is 17.5 Å². The summed E-state index contributed by atoms with van der Waals surface area (Å²) >= 11 is 10.8. The lowest BCUT2D eigenvalue weighted by atomic mass is 10.3. The summed E-state index contributed by atoms with van der Waals surface area (Å²) in [6.45, 7) is 1.87. The standard InChI is InChI=1S/C9H8ClN3S/c1-5-8(9(11)14)13-3-2-6(10)4-7(13)12-5/h2-4H,1H3,(H2,11,14). The first-order valence-electron chi connectivity index (χ1n) is 4.03. The highest BCUT2D eigenvalue weighted by Gasteiger charge is 2.10. The van der Waals surface area contributed by atoms with Gasteiger partial charge in [-0.3, -0.25) is 4.40 Å². The van der Waals surface area contributed by atoms with Crippen LogP contribution in [-0.4, -0.2) is 14.4 Å². The lowest BCUT2D eigenvalue weighted by Gasteiger charge is -1.99. The second-order valence-electron chi connectivity index (χ2n) is 2.98. The van der Waals surface area contributed by atoms with Gasteiger partial charge in [0.1, 0.15) is 16.3 Å². The number of nitrogens with two attached hydrogens (primary N) is 1. The number of nitrogens with zero attached hydrogens (tertiary/aromatic N) is 2. The number of pyridine rings is 1. The summed E-state index contributed by atoms with van der Waals surface area (Å²) in [6.07, 6.45) is 1.81. The third-order valence-electron chi connectivity index (χ3n) is 2.00. The molecule has 0 aliphatic rings. The molecule has 2 N–H and O–H groups in total. The van der Waals surface area contributed by atoms with Crippen LogP contribution in [0.1, 0.15) is 11.4 Å². The van der Waals surface area contributed by atoms with Gasteiger partial charge in [-0.05, 0) is 13.0 Å². The van der Waals surface area contributed by atoms with Crippen LogP contribution in [0.3, 0.4) is 0 Å². The summed E-state index contributed by atoms with van der Waals surface area (Å²) < 4.78 is 1.84. The Morgan fingerprint density at radius 2 is 2.36 bits per heavy atom. The van der Waals surface area contributed by atoms with Crippen LogP contribution in [0.4, 0.5) is 0 Å². The third kappa shape index (κ3) is 1.36. The summed E-state index contributed by atoms with van der Waals surface area (Å²) in [5.41, 5.74) is 7.95. The minimum absolute atomic E-state index is 0.345. The van der Waals surface area contributed by atoms with Crippen molar-refractivity contribution in [3.8, 4) is 0 Å². The van der Waals surface area contributed by atoms with Crippen LogP contribution >= 0.6 is 23.8 Å². The molecule has 0 amide bonds. The Bertz CT molecular complexity index is 518. The van der Waals surface area contributed by atoms with E-state index in [-0.39, 0.29) is 0 Å². The Balaban J connectivity index is 2.84. The molecule has 0 aliphatic carbocycles. The molecular formula is C9H8ClN3S. The van der Waals surface area contributed by atoms with Gasteiger partial charge >= 0.3 is 0 Å². The summed E-state index contributed by atoms with van der Waals surface area (Å²) in [5.74, 6) is 0. The smallest absolute Gasteiger partial charge is 0.139 e. The number of thiocarbonyl (C=S) groups is 1. The van der Waals surface area contributed by atoms with Gasteiger partial charge in [-0.25, -0.2) is 4.98 Å². The Morgan fingerprint density at radius 1 is 1.64 bits per heavy atom. The molecule has 0 aromatic carbocycles. The van der Waals surface area contributed by atoms with Gasteiger partial charge in [-0.15, -0.1) is 0 Å². The van der Waals surface area contributed by atoms with Gasteiger partial charge in [0, 0.05) is 17.3 Å². The van der Waals surface area contributed by atoms with Crippen molar-refractivity contribution in [2.45, 2.75) is 6.92 Å². The van der Waals surface area contributed by atoms with Crippen LogP contribution in [0, 0.1) is 6.92 Å². The molecule has 3 nitrogen and oxygen atoms in total. The number of hydrogen-bond donors (Lipinski definition) is 1. The Kier molecular flexibility index (Phi) is 2.17. The lowest BCUT2D eigenvalue weighted by molar-refractivity contribution is 1.16. The van der Waals surface area contributed by atoms with Crippen LogP contribution < -0.4 is 5.73 Å². The van der Waals surface area contributed by atoms with E-state index >= 15 is 0 Å². The highest BCUT2D eigenvalue weighted by Crippen LogP contribution is 2.16. The molecule has 2 aromatic rings. The first-order chi connectivity index (χ1) is 6.59. The van der Waals surface area contributed by atoms with E-state index < -0.39 is 0 Å². The fourth-order valence-corrected chi connectivity index (χ4v) is 1.83. The van der Waals surface area contributed by atoms with E-state index in [0.29, 0.717) is 10.0 Å². The molecule has 0 atom stereocenters. The predicted molar refractivity (Wildman–Crippen MR) is 60.8 cm³/mol. The normalized spacial score (nSPS) is 10.7. The van der Waals surface area contributed by atoms with E-state index in [4.69, 9.17) is 29.6 Å². The van der Waals surface area contributed by atoms with E-state index in [1.54, 1.807) is 12.1 Å². The number of aryl methyl sites for hydroxylation is 1. The molecule has 0 bridgehead atoms. The summed E-state index contributed by atoms with van der Waals surface area (Å²) in [6, 6.07) is 3.55. The molecule has 14 heavy (non-hydrogen) atoms. The second-order valence-corrected chi connectivity index (χ2v) is 3.86. The SMILES string of the molecule is Cc1nc2cc(Cl)ccn2c1C(N)=S. The minimum Gasteiger partial charge on any atom is -0.388 e. The fourth-order valence-electron chi connectivity index (χ4n) is 1.43. The van der Waals surface area contributed by atoms with Crippen molar-refractivity contribution in [2.24, 2.45) is 5.73 Å². The number of rotatable bonds is 1. The number of hydrogen-bond acceptors (Lipinski definition) is 2. The Hall–Kier alpha value is -1.13. The molecule has 0 saturated carbocycles. The molecule has 0 fully saturated rings. The molecule has 72 valence electrons. The van der Waals surface area contributed by atoms with Crippen molar-refractivity contribution in [3.63, 3.8) is 0 Å². The minimum atomic E-state index is 0.345. The zero-order chi connectivity index (χ0) is 10.3. The Morgan fingerprint density at radius 3 is 3.00 bits per heavy atom. The molecule has 0 spiro atoms. The molecule has 5 heteroatoms. The number of fused-ring (bicyclic) bond motifs is 1. The van der Waals surface area contributed by atoms with Crippen LogP contribution in [-0.2, 0) is 0 Å². The largest absolute Gasteiger partial charge is 0.388 e. The average Bonchev–Trinajstić information content (AvgIpc) is 2.39. The topological polar surface area (TPSA) is 43.3 Å². The van der Waals surface area contributed by atoms with Crippen molar-refractivity contribution in [1.82, 2.24) is 9.38 Å². The average molecular weight is 226 g/mol. The molecule has 0 aliphatic heterocycles. The maximum atomic E-state index is 5.84. The summed E-state index contributed by atoms with van der Waals surface area (Å²) in [5, 5.41) is 0.650. The molecule has 2 heterocycles. The quantitative estimate of drug-likeness (QED) is 0.755. The van der Waals surface area contributed by atoms with Crippen molar-refractivity contribution >= 4 is 34.5 Å². The highest BCUT2D eigenvalue weighted by molar-refractivity contribution is 7.80. The second kappa shape index (κ2) is 3.22. The number of imidazole rings is 1. The van der Waals surface area contributed by atoms with Gasteiger partial charge in [0.25, 0.3) is 0 Å². The first-order valence-corrected chi connectivity index (χ1v) is 4.82. The van der Waals surface area contributed by atoms with Gasteiger partial charge in [-0.1, -0.05) is 23.8 Å². The third-order valence-corrected chi connectivity index (χ3v) is 2.42. The van der Waals surface area contributed by atoms with E-state index in [1.165, 1.54) is 0 Å². The van der Waals surface area contributed by atoms with Crippen molar-refractivity contribution in [3.05, 3.63) is 34.7 Å². The lowest BCUT2D eigenvalue weighted by Crippen LogP contribution is -2.13. The van der Waals surface area contributed by atoms with Crippen molar-refractivity contribution < 1.29 is 0 Å². The molecule has 0 unspecified atom stereocenters. The maximum Gasteiger partial charge on any atom is 0.139 e. The molecular weight excluding hydrogens is 218 g/mol. The van der Waals surface area contributed by atoms with Crippen molar-refractivity contribution in [2.75, 3.05) is 0 Å². The molecule has 0 saturated heterocycles. The van der Waals surface area contributed by atoms with Gasteiger partial charge in [0.15, 0.2) is 0 Å². The molecule has 2 aromatic heterocycles. The van der Waals surface area contributed by atoms with Crippen LogP contribution in [0.15, 0.2) is 18.3 Å². The first kappa shape index (κ1) is 9.43. The van der Waals surface area contributed by atoms with Crippen LogP contribution in [0.2, 0.25) is 5.02 Å². The zero-order valence-corrected chi connectivity index (χ0v) is 9.06. The van der Waals surface area contributed by atoms with Gasteiger partial charge in [0.05, 0.1) is 5.69 Å². The highest BCUT2D eigenvalue weighted by atomic mass is 35.5. The fraction of sp³-hybridized carbons (Fsp3) is 0.111. The number of aromatic nitrogens is 2. The Labute approximate surface area is 91.5 Å². The summed E-state index contributed by atoms with van der Waals surface area (Å²) in [4.78, 5) is 4.65. The van der Waals surface area contributed by atoms with Gasteiger partial charge in [0.2, 0.25) is 0 Å². The van der Waals surface area contributed by atoms with E-state index in [0.717, 1.165) is 17.0 Å². The predicted octanol–water partition coefficient (Wildman–Crippen LogP) is 1.93. The monoisotopic (exact) mass is 225 g/mol. The van der Waals surface area contributed by atoms with E-state index in [2.05, 4.69) is 4.98 Å². The molecule has 2 rings (SSSR count). The summed E-state index contributed by atoms with van der Waals surface area (Å²) in [7, 11) is 0. The van der Waals surface area contributed by atoms with Gasteiger partial charge < -0.3 is 5.73 Å². The zero-order valence-electron chi connectivity index (χ0n) is 7.49. The molecule has 0 radical (unpaired) electrons. The van der Waals surface area contributed by atoms with Gasteiger partial charge in [-0.2, -0.15) is 0 Å². The van der Waals surface area contributed by atoms with Crippen LogP contribution in [0.25, 0.3) is 5.65 Å². The number of halogens is 1. The van der Waals surface area contributed by atoms with Crippen molar-refractivity contribution in [1.29, 1.82) is 0 Å². The van der Waals surface area contributed by atoms with Crippen LogP contribution in [0.5, 0.6) is 0 Å². The maximum absolute atomic E-state index is 5.84. The van der Waals surface area contributed by atoms with E-state index in [9.17, 15) is 0 Å².